The Morgan fingerprint density at radius 2 is 0.444 bits per heavy atom. The summed E-state index contributed by atoms with van der Waals surface area (Å²) < 4.78 is 0. The van der Waals surface area contributed by atoms with Crippen LogP contribution in [0.15, 0.2) is 0 Å². The molecule has 0 aliphatic carbocycles. The van der Waals surface area contributed by atoms with Crippen LogP contribution < -0.4 is 104 Å². The molecule has 0 bridgehead atoms. The molecule has 0 spiro atoms. The summed E-state index contributed by atoms with van der Waals surface area (Å²) in [4.78, 5) is 0. The van der Waals surface area contributed by atoms with Crippen molar-refractivity contribution in [3.63, 3.8) is 0 Å². The first-order valence-electron chi connectivity index (χ1n) is 0. The van der Waals surface area contributed by atoms with Gasteiger partial charge in [-0.3, -0.25) is 0 Å². The van der Waals surface area contributed by atoms with Crippen molar-refractivity contribution >= 4 is 0 Å². The van der Waals surface area contributed by atoms with Crippen molar-refractivity contribution in [1.82, 2.24) is 0 Å². The molecular formula is H2Cl6IrNaO-5. The van der Waals surface area contributed by atoms with Crippen LogP contribution in [0.2, 0.25) is 0 Å². The molecule has 0 unspecified atom stereocenters. The van der Waals surface area contributed by atoms with Crippen molar-refractivity contribution in [2.24, 2.45) is 0 Å². The molecule has 0 rings (SSSR count). The Labute approximate surface area is 128 Å². The predicted octanol–water partition coefficient (Wildman–Crippen LogP) is -21.8. The maximum Gasteiger partial charge on any atom is 1.00 e. The predicted molar refractivity (Wildman–Crippen MR) is 3.61 cm³/mol. The first-order valence-corrected chi connectivity index (χ1v) is 0. The molecule has 0 fully saturated rings. The maximum absolute atomic E-state index is 0. The average Bonchev–Trinajstić information content (AvgIpc) is 0. The van der Waals surface area contributed by atoms with Gasteiger partial charge in [-0.15, -0.1) is 0 Å². The fourth-order valence-corrected chi connectivity index (χ4v) is 0. The molecule has 65 valence electrons. The minimum Gasteiger partial charge on any atom is -1.00 e. The third-order valence-corrected chi connectivity index (χ3v) is 0. The fraction of sp³-hybridized carbons (Fsp3) is 0. The summed E-state index contributed by atoms with van der Waals surface area (Å²) in [7, 11) is 0. The van der Waals surface area contributed by atoms with E-state index in [0.717, 1.165) is 0 Å². The molecule has 0 saturated heterocycles. The number of hydrogen-bond acceptors (Lipinski definition) is 0. The average molecular weight is 446 g/mol. The summed E-state index contributed by atoms with van der Waals surface area (Å²) in [5.41, 5.74) is 0. The molecule has 1 nitrogen and oxygen atoms in total. The van der Waals surface area contributed by atoms with E-state index < -0.39 is 0 Å². The number of hydrogen-bond donors (Lipinski definition) is 0. The van der Waals surface area contributed by atoms with Crippen molar-refractivity contribution < 1.29 is 130 Å². The minimum atomic E-state index is 0. The van der Waals surface area contributed by atoms with Crippen LogP contribution in [0.1, 0.15) is 0 Å². The van der Waals surface area contributed by atoms with Crippen LogP contribution >= 0.6 is 0 Å². The molecule has 0 aromatic rings. The summed E-state index contributed by atoms with van der Waals surface area (Å²) in [6.45, 7) is 0. The Morgan fingerprint density at radius 3 is 0.444 bits per heavy atom. The molecule has 0 aromatic heterocycles. The van der Waals surface area contributed by atoms with E-state index >= 15 is 0 Å². The summed E-state index contributed by atoms with van der Waals surface area (Å²) in [6.07, 6.45) is 0. The zero-order valence-electron chi connectivity index (χ0n) is 4.10. The zero-order chi connectivity index (χ0) is 0. The van der Waals surface area contributed by atoms with E-state index in [1.54, 1.807) is 0 Å². The number of rotatable bonds is 0. The standard InChI is InChI=1S/6ClH.Ir.Na.H2O/h6*1H;;;1H2/q;;;;;;;+1;/p-6. The van der Waals surface area contributed by atoms with Crippen molar-refractivity contribution in [1.29, 1.82) is 0 Å². The molecule has 9 heavy (non-hydrogen) atoms. The Morgan fingerprint density at radius 1 is 0.444 bits per heavy atom. The van der Waals surface area contributed by atoms with E-state index in [1.807, 2.05) is 0 Å². The molecule has 2 N–H and O–H groups in total. The van der Waals surface area contributed by atoms with E-state index in [0.29, 0.717) is 0 Å². The van der Waals surface area contributed by atoms with Gasteiger partial charge in [-0.25, -0.2) is 0 Å². The van der Waals surface area contributed by atoms with Crippen LogP contribution in [0, 0.1) is 0 Å². The smallest absolute Gasteiger partial charge is 1.00 e. The van der Waals surface area contributed by atoms with Gasteiger partial charge < -0.3 is 79.9 Å². The quantitative estimate of drug-likeness (QED) is 0.332. The van der Waals surface area contributed by atoms with Crippen LogP contribution in [-0.4, -0.2) is 5.48 Å². The maximum atomic E-state index is 0. The topological polar surface area (TPSA) is 31.5 Å². The van der Waals surface area contributed by atoms with Crippen molar-refractivity contribution in [2.45, 2.75) is 0 Å². The molecule has 9 heteroatoms. The summed E-state index contributed by atoms with van der Waals surface area (Å²) in [5, 5.41) is 0. The Hall–Kier alpha value is 3.35. The van der Waals surface area contributed by atoms with E-state index in [1.165, 1.54) is 0 Å². The van der Waals surface area contributed by atoms with Crippen LogP contribution in [0.25, 0.3) is 0 Å². The molecular weight excluding hydrogens is 444 g/mol. The second-order valence-corrected chi connectivity index (χ2v) is 0. The Bertz CT molecular complexity index is 13.0. The SMILES string of the molecule is O.[Cl-].[Cl-].[Cl-].[Cl-].[Cl-].[Cl-].[Ir].[Na+]. The zero-order valence-corrected chi connectivity index (χ0v) is 13.0. The van der Waals surface area contributed by atoms with Gasteiger partial charge in [-0.05, 0) is 0 Å². The van der Waals surface area contributed by atoms with E-state index in [2.05, 4.69) is 0 Å². The van der Waals surface area contributed by atoms with Gasteiger partial charge in [0.2, 0.25) is 0 Å². The first kappa shape index (κ1) is 142. The number of halogens is 6. The normalized spacial score (nSPS) is 0. The van der Waals surface area contributed by atoms with Gasteiger partial charge in [0.25, 0.3) is 0 Å². The van der Waals surface area contributed by atoms with Crippen LogP contribution in [0.5, 0.6) is 0 Å². The van der Waals surface area contributed by atoms with Gasteiger partial charge in [-0.2, -0.15) is 0 Å². The van der Waals surface area contributed by atoms with E-state index in [9.17, 15) is 0 Å². The first-order chi connectivity index (χ1) is 0. The second kappa shape index (κ2) is 108. The molecule has 0 heterocycles. The van der Waals surface area contributed by atoms with Gasteiger partial charge in [0.05, 0.1) is 0 Å². The van der Waals surface area contributed by atoms with Crippen molar-refractivity contribution in [3.8, 4) is 0 Å². The van der Waals surface area contributed by atoms with Gasteiger partial charge in [0.15, 0.2) is 0 Å². The molecule has 0 aliphatic heterocycles. The van der Waals surface area contributed by atoms with Crippen molar-refractivity contribution in [2.75, 3.05) is 0 Å². The van der Waals surface area contributed by atoms with Crippen LogP contribution in [-0.2, 0) is 20.1 Å². The van der Waals surface area contributed by atoms with Crippen LogP contribution in [0.3, 0.4) is 0 Å². The molecule has 0 saturated carbocycles. The molecule has 0 atom stereocenters. The molecule has 0 aromatic carbocycles. The van der Waals surface area contributed by atoms with Crippen molar-refractivity contribution in [3.05, 3.63) is 0 Å². The van der Waals surface area contributed by atoms with E-state index in [-0.39, 0.29) is 130 Å². The Kier molecular flexibility index (Phi) is 1710. The van der Waals surface area contributed by atoms with E-state index in [4.69, 9.17) is 0 Å². The fourth-order valence-electron chi connectivity index (χ4n) is 0. The van der Waals surface area contributed by atoms with Gasteiger partial charge >= 0.3 is 29.6 Å². The Balaban J connectivity index is 0. The van der Waals surface area contributed by atoms with Gasteiger partial charge in [0, 0.05) is 20.1 Å². The summed E-state index contributed by atoms with van der Waals surface area (Å²) in [6, 6.07) is 0. The largest absolute Gasteiger partial charge is 1.00 e. The molecule has 0 aliphatic rings. The molecule has 1 radical (unpaired) electrons. The second-order valence-electron chi connectivity index (χ2n) is 0. The van der Waals surface area contributed by atoms with Gasteiger partial charge in [0.1, 0.15) is 0 Å². The summed E-state index contributed by atoms with van der Waals surface area (Å²) >= 11 is 0. The third kappa shape index (κ3) is 88.4. The van der Waals surface area contributed by atoms with Gasteiger partial charge in [-0.1, -0.05) is 0 Å². The van der Waals surface area contributed by atoms with Crippen LogP contribution in [0.4, 0.5) is 0 Å². The molecule has 0 amide bonds. The minimum absolute atomic E-state index is 0. The monoisotopic (exact) mass is 444 g/mol. The summed E-state index contributed by atoms with van der Waals surface area (Å²) in [5.74, 6) is 0. The third-order valence-electron chi connectivity index (χ3n) is 0.